The van der Waals surface area contributed by atoms with Crippen LogP contribution in [0.4, 0.5) is 0 Å². The van der Waals surface area contributed by atoms with Gasteiger partial charge in [-0.25, -0.2) is 0 Å². The molecule has 0 unspecified atom stereocenters. The van der Waals surface area contributed by atoms with Crippen LogP contribution in [0.2, 0.25) is 0 Å². The lowest BCUT2D eigenvalue weighted by Crippen LogP contribution is -1.84. The lowest BCUT2D eigenvalue weighted by molar-refractivity contribution is 1.33. The van der Waals surface area contributed by atoms with Gasteiger partial charge in [0.2, 0.25) is 0 Å². The van der Waals surface area contributed by atoms with Gasteiger partial charge in [0.1, 0.15) is 0 Å². The lowest BCUT2D eigenvalue weighted by atomic mass is 10.2. The molecule has 0 atom stereocenters. The molecule has 0 N–H and O–H groups in total. The van der Waals surface area contributed by atoms with Crippen molar-refractivity contribution in [1.29, 1.82) is 0 Å². The highest BCUT2D eigenvalue weighted by molar-refractivity contribution is 7.98. The van der Waals surface area contributed by atoms with Gasteiger partial charge >= 0.3 is 0 Å². The van der Waals surface area contributed by atoms with E-state index in [2.05, 4.69) is 60.4 Å². The van der Waals surface area contributed by atoms with Crippen molar-refractivity contribution in [2.75, 3.05) is 0 Å². The Balaban J connectivity index is 1.84. The maximum absolute atomic E-state index is 4.49. The summed E-state index contributed by atoms with van der Waals surface area (Å²) in [6, 6.07) is 19.2. The second-order valence-corrected chi connectivity index (χ2v) is 5.62. The molecular weight excluding hydrogens is 250 g/mol. The first-order valence-electron chi connectivity index (χ1n) is 6.35. The van der Waals surface area contributed by atoms with Crippen LogP contribution in [-0.2, 0) is 5.75 Å². The highest BCUT2D eigenvalue weighted by Gasteiger charge is 2.02. The summed E-state index contributed by atoms with van der Waals surface area (Å²) in [5, 5.41) is 1.21. The monoisotopic (exact) mass is 265 g/mol. The van der Waals surface area contributed by atoms with E-state index in [0.29, 0.717) is 0 Å². The molecule has 0 aliphatic heterocycles. The molecule has 0 aliphatic carbocycles. The van der Waals surface area contributed by atoms with Crippen LogP contribution in [0.3, 0.4) is 0 Å². The van der Waals surface area contributed by atoms with E-state index in [1.165, 1.54) is 21.4 Å². The van der Waals surface area contributed by atoms with E-state index in [1.54, 1.807) is 0 Å². The highest BCUT2D eigenvalue weighted by Crippen LogP contribution is 2.28. The molecule has 2 heteroatoms. The van der Waals surface area contributed by atoms with Gasteiger partial charge in [0, 0.05) is 22.2 Å². The zero-order chi connectivity index (χ0) is 13.1. The summed E-state index contributed by atoms with van der Waals surface area (Å²) in [5.74, 6) is 0.982. The summed E-state index contributed by atoms with van der Waals surface area (Å²) in [7, 11) is 0. The van der Waals surface area contributed by atoms with Gasteiger partial charge in [0.25, 0.3) is 0 Å². The molecule has 19 heavy (non-hydrogen) atoms. The van der Waals surface area contributed by atoms with E-state index in [9.17, 15) is 0 Å². The van der Waals surface area contributed by atoms with Crippen LogP contribution in [0.25, 0.3) is 10.9 Å². The molecule has 0 bridgehead atoms. The Bertz CT molecular complexity index is 684. The van der Waals surface area contributed by atoms with Gasteiger partial charge < -0.3 is 0 Å². The lowest BCUT2D eigenvalue weighted by Gasteiger charge is -2.05. The Morgan fingerprint density at radius 1 is 0.947 bits per heavy atom. The van der Waals surface area contributed by atoms with Crippen LogP contribution in [0, 0.1) is 6.92 Å². The molecule has 3 rings (SSSR count). The summed E-state index contributed by atoms with van der Waals surface area (Å²) in [5.41, 5.74) is 3.76. The number of hydrogen-bond donors (Lipinski definition) is 0. The smallest absolute Gasteiger partial charge is 0.0837 e. The van der Waals surface area contributed by atoms with Gasteiger partial charge in [0.05, 0.1) is 5.52 Å². The van der Waals surface area contributed by atoms with E-state index in [0.717, 1.165) is 11.3 Å². The van der Waals surface area contributed by atoms with Gasteiger partial charge in [-0.2, -0.15) is 0 Å². The van der Waals surface area contributed by atoms with E-state index in [1.807, 2.05) is 24.0 Å². The molecule has 3 aromatic rings. The SMILES string of the molecule is Cc1ccc(CSc2cccc3cccnc23)cc1. The summed E-state index contributed by atoms with van der Waals surface area (Å²) in [6.45, 7) is 2.12. The van der Waals surface area contributed by atoms with Crippen molar-refractivity contribution >= 4 is 22.7 Å². The van der Waals surface area contributed by atoms with Gasteiger partial charge in [-0.05, 0) is 24.6 Å². The molecule has 2 aromatic carbocycles. The third-order valence-corrected chi connectivity index (χ3v) is 4.23. The number of hydrogen-bond acceptors (Lipinski definition) is 2. The van der Waals surface area contributed by atoms with E-state index in [-0.39, 0.29) is 0 Å². The molecule has 94 valence electrons. The van der Waals surface area contributed by atoms with Crippen LogP contribution in [-0.4, -0.2) is 4.98 Å². The van der Waals surface area contributed by atoms with Crippen molar-refractivity contribution in [3.05, 3.63) is 71.9 Å². The first-order valence-corrected chi connectivity index (χ1v) is 7.33. The van der Waals surface area contributed by atoms with Gasteiger partial charge in [0.15, 0.2) is 0 Å². The Labute approximate surface area is 117 Å². The maximum Gasteiger partial charge on any atom is 0.0837 e. The molecular formula is C17H15NS. The van der Waals surface area contributed by atoms with Crippen molar-refractivity contribution in [3.63, 3.8) is 0 Å². The number of pyridine rings is 1. The molecule has 0 saturated carbocycles. The average molecular weight is 265 g/mol. The first-order chi connectivity index (χ1) is 9.33. The minimum absolute atomic E-state index is 0.982. The van der Waals surface area contributed by atoms with E-state index >= 15 is 0 Å². The molecule has 1 nitrogen and oxygen atoms in total. The minimum atomic E-state index is 0.982. The number of thioether (sulfide) groups is 1. The summed E-state index contributed by atoms with van der Waals surface area (Å²) in [6.07, 6.45) is 1.86. The zero-order valence-corrected chi connectivity index (χ0v) is 11.7. The number of aryl methyl sites for hydroxylation is 1. The summed E-state index contributed by atoms with van der Waals surface area (Å²) in [4.78, 5) is 5.74. The average Bonchev–Trinajstić information content (AvgIpc) is 2.47. The van der Waals surface area contributed by atoms with Crippen LogP contribution < -0.4 is 0 Å². The summed E-state index contributed by atoms with van der Waals surface area (Å²) >= 11 is 1.85. The Morgan fingerprint density at radius 3 is 2.58 bits per heavy atom. The van der Waals surface area contributed by atoms with E-state index < -0.39 is 0 Å². The van der Waals surface area contributed by atoms with Gasteiger partial charge in [-0.1, -0.05) is 48.0 Å². The Morgan fingerprint density at radius 2 is 1.74 bits per heavy atom. The van der Waals surface area contributed by atoms with Crippen molar-refractivity contribution in [2.45, 2.75) is 17.6 Å². The third kappa shape index (κ3) is 2.79. The first kappa shape index (κ1) is 12.2. The second-order valence-electron chi connectivity index (χ2n) is 4.61. The van der Waals surface area contributed by atoms with Crippen molar-refractivity contribution in [3.8, 4) is 0 Å². The van der Waals surface area contributed by atoms with Crippen molar-refractivity contribution in [2.24, 2.45) is 0 Å². The fraction of sp³-hybridized carbons (Fsp3) is 0.118. The van der Waals surface area contributed by atoms with Crippen molar-refractivity contribution < 1.29 is 0 Å². The molecule has 0 fully saturated rings. The quantitative estimate of drug-likeness (QED) is 0.629. The fourth-order valence-electron chi connectivity index (χ4n) is 2.04. The summed E-state index contributed by atoms with van der Waals surface area (Å²) < 4.78 is 0. The Hall–Kier alpha value is -1.80. The normalized spacial score (nSPS) is 10.8. The van der Waals surface area contributed by atoms with Crippen molar-refractivity contribution in [1.82, 2.24) is 4.98 Å². The largest absolute Gasteiger partial charge is 0.255 e. The molecule has 0 spiro atoms. The molecule has 0 saturated heterocycles. The predicted molar refractivity (Wildman–Crippen MR) is 82.5 cm³/mol. The molecule has 0 radical (unpaired) electrons. The fourth-order valence-corrected chi connectivity index (χ4v) is 3.03. The number of nitrogens with zero attached hydrogens (tertiary/aromatic N) is 1. The second kappa shape index (κ2) is 5.45. The topological polar surface area (TPSA) is 12.9 Å². The van der Waals surface area contributed by atoms with Crippen LogP contribution in [0.5, 0.6) is 0 Å². The van der Waals surface area contributed by atoms with Crippen LogP contribution >= 0.6 is 11.8 Å². The highest BCUT2D eigenvalue weighted by atomic mass is 32.2. The third-order valence-electron chi connectivity index (χ3n) is 3.11. The van der Waals surface area contributed by atoms with Crippen LogP contribution in [0.15, 0.2) is 65.7 Å². The Kier molecular flexibility index (Phi) is 3.51. The number of rotatable bonds is 3. The molecule has 0 amide bonds. The molecule has 1 aromatic heterocycles. The molecule has 0 aliphatic rings. The number of para-hydroxylation sites is 1. The molecule has 1 heterocycles. The number of fused-ring (bicyclic) bond motifs is 1. The zero-order valence-electron chi connectivity index (χ0n) is 10.8. The van der Waals surface area contributed by atoms with Gasteiger partial charge in [-0.3, -0.25) is 4.98 Å². The van der Waals surface area contributed by atoms with Crippen LogP contribution in [0.1, 0.15) is 11.1 Å². The predicted octanol–water partition coefficient (Wildman–Crippen LogP) is 4.84. The standard InChI is InChI=1S/C17H15NS/c1-13-7-9-14(10-8-13)12-19-16-6-2-4-15-5-3-11-18-17(15)16/h2-11H,12H2,1H3. The minimum Gasteiger partial charge on any atom is -0.255 e. The van der Waals surface area contributed by atoms with E-state index in [4.69, 9.17) is 0 Å². The maximum atomic E-state index is 4.49. The number of aromatic nitrogens is 1. The number of benzene rings is 2. The van der Waals surface area contributed by atoms with Gasteiger partial charge in [-0.15, -0.1) is 11.8 Å².